The van der Waals surface area contributed by atoms with E-state index in [0.29, 0.717) is 5.69 Å². The van der Waals surface area contributed by atoms with Gasteiger partial charge in [0.1, 0.15) is 0 Å². The Kier molecular flexibility index (Phi) is 4.78. The van der Waals surface area contributed by atoms with Crippen molar-refractivity contribution in [2.75, 3.05) is 31.6 Å². The molecule has 2 rings (SSSR count). The molecule has 1 fully saturated rings. The maximum Gasteiger partial charge on any atom is 0.416 e. The molecule has 0 saturated carbocycles. The molecule has 1 N–H and O–H groups in total. The minimum Gasteiger partial charge on any atom is -0.392 e. The molecule has 1 aliphatic rings. The lowest BCUT2D eigenvalue weighted by molar-refractivity contribution is -0.138. The Morgan fingerprint density at radius 2 is 2.00 bits per heavy atom. The van der Waals surface area contributed by atoms with Crippen molar-refractivity contribution in [1.29, 1.82) is 0 Å². The summed E-state index contributed by atoms with van der Waals surface area (Å²) in [5, 5.41) is 9.09. The van der Waals surface area contributed by atoms with Crippen LogP contribution in [0, 0.1) is 0 Å². The molecule has 1 aromatic rings. The van der Waals surface area contributed by atoms with Crippen molar-refractivity contribution in [1.82, 2.24) is 4.90 Å². The van der Waals surface area contributed by atoms with Gasteiger partial charge in [-0.2, -0.15) is 13.2 Å². The topological polar surface area (TPSA) is 26.7 Å². The fraction of sp³-hybridized carbons (Fsp3) is 0.600. The first-order chi connectivity index (χ1) is 9.82. The molecule has 1 atom stereocenters. The molecule has 1 aromatic carbocycles. The Balaban J connectivity index is 2.35. The first-order valence-electron chi connectivity index (χ1n) is 7.09. The van der Waals surface area contributed by atoms with Crippen LogP contribution in [0.15, 0.2) is 18.2 Å². The molecule has 118 valence electrons. The predicted octanol–water partition coefficient (Wildman–Crippen LogP) is 2.73. The summed E-state index contributed by atoms with van der Waals surface area (Å²) in [4.78, 5) is 4.21. The van der Waals surface area contributed by atoms with Gasteiger partial charge in [0.05, 0.1) is 12.2 Å². The second-order valence-electron chi connectivity index (χ2n) is 5.66. The third-order valence-corrected chi connectivity index (χ3v) is 3.95. The molecule has 1 aliphatic heterocycles. The van der Waals surface area contributed by atoms with E-state index < -0.39 is 18.3 Å². The summed E-state index contributed by atoms with van der Waals surface area (Å²) in [5.74, 6) is 0. The smallest absolute Gasteiger partial charge is 0.392 e. The van der Waals surface area contributed by atoms with Gasteiger partial charge in [-0.05, 0) is 44.6 Å². The van der Waals surface area contributed by atoms with E-state index in [1.807, 2.05) is 18.9 Å². The summed E-state index contributed by atoms with van der Waals surface area (Å²) in [6.45, 7) is 3.93. The molecule has 1 saturated heterocycles. The van der Waals surface area contributed by atoms with Gasteiger partial charge in [-0.1, -0.05) is 6.07 Å². The van der Waals surface area contributed by atoms with Crippen LogP contribution in [0.1, 0.15) is 24.5 Å². The Hall–Kier alpha value is -1.27. The van der Waals surface area contributed by atoms with E-state index in [1.165, 1.54) is 6.07 Å². The van der Waals surface area contributed by atoms with E-state index in [4.69, 9.17) is 5.11 Å². The van der Waals surface area contributed by atoms with Crippen LogP contribution in [-0.4, -0.2) is 42.7 Å². The third-order valence-electron chi connectivity index (χ3n) is 3.95. The second kappa shape index (κ2) is 6.23. The molecule has 0 bridgehead atoms. The number of rotatable bonds is 2. The average molecular weight is 302 g/mol. The van der Waals surface area contributed by atoms with Crippen molar-refractivity contribution in [3.8, 4) is 0 Å². The Morgan fingerprint density at radius 3 is 2.62 bits per heavy atom. The highest BCUT2D eigenvalue weighted by atomic mass is 19.4. The molecule has 0 aromatic heterocycles. The number of hydrogen-bond donors (Lipinski definition) is 1. The van der Waals surface area contributed by atoms with Crippen molar-refractivity contribution in [3.63, 3.8) is 0 Å². The van der Waals surface area contributed by atoms with E-state index in [2.05, 4.69) is 4.90 Å². The average Bonchev–Trinajstić information content (AvgIpc) is 2.57. The Labute approximate surface area is 123 Å². The first kappa shape index (κ1) is 16.1. The molecule has 21 heavy (non-hydrogen) atoms. The number of anilines is 1. The number of aliphatic hydroxyl groups excluding tert-OH is 1. The lowest BCUT2D eigenvalue weighted by Crippen LogP contribution is -2.38. The van der Waals surface area contributed by atoms with Crippen LogP contribution in [0.5, 0.6) is 0 Å². The van der Waals surface area contributed by atoms with Gasteiger partial charge in [0.15, 0.2) is 0 Å². The fourth-order valence-corrected chi connectivity index (χ4v) is 2.90. The second-order valence-corrected chi connectivity index (χ2v) is 5.66. The molecule has 0 spiro atoms. The summed E-state index contributed by atoms with van der Waals surface area (Å²) >= 11 is 0. The van der Waals surface area contributed by atoms with Crippen molar-refractivity contribution in [2.45, 2.75) is 32.2 Å². The molecular weight excluding hydrogens is 281 g/mol. The predicted molar refractivity (Wildman–Crippen MR) is 76.3 cm³/mol. The maximum atomic E-state index is 13.1. The van der Waals surface area contributed by atoms with E-state index in [-0.39, 0.29) is 11.6 Å². The van der Waals surface area contributed by atoms with Crippen LogP contribution in [0.25, 0.3) is 0 Å². The minimum atomic E-state index is -4.44. The fourth-order valence-electron chi connectivity index (χ4n) is 2.90. The first-order valence-corrected chi connectivity index (χ1v) is 7.09. The number of nitrogens with zero attached hydrogens (tertiary/aromatic N) is 2. The number of likely N-dealkylation sites (N-methyl/N-ethyl adjacent to an activating group) is 1. The summed E-state index contributed by atoms with van der Waals surface area (Å²) in [6, 6.07) is 4.36. The summed E-state index contributed by atoms with van der Waals surface area (Å²) in [6.07, 6.45) is -3.52. The molecule has 1 unspecified atom stereocenters. The van der Waals surface area contributed by atoms with Crippen molar-refractivity contribution < 1.29 is 18.3 Å². The number of aliphatic hydroxyl groups is 1. The van der Waals surface area contributed by atoms with Crippen LogP contribution in [0.4, 0.5) is 18.9 Å². The zero-order valence-electron chi connectivity index (χ0n) is 12.3. The van der Waals surface area contributed by atoms with E-state index in [0.717, 1.165) is 32.1 Å². The Bertz CT molecular complexity index is 490. The van der Waals surface area contributed by atoms with E-state index in [9.17, 15) is 13.2 Å². The van der Waals surface area contributed by atoms with E-state index in [1.54, 1.807) is 6.07 Å². The molecule has 0 aliphatic carbocycles. The molecule has 0 amide bonds. The number of benzene rings is 1. The summed E-state index contributed by atoms with van der Waals surface area (Å²) in [5.41, 5.74) is -0.250. The van der Waals surface area contributed by atoms with E-state index >= 15 is 0 Å². The molecule has 0 radical (unpaired) electrons. The molecule has 3 nitrogen and oxygen atoms in total. The van der Waals surface area contributed by atoms with Gasteiger partial charge in [-0.3, -0.25) is 0 Å². The largest absolute Gasteiger partial charge is 0.416 e. The van der Waals surface area contributed by atoms with Crippen molar-refractivity contribution >= 4 is 5.69 Å². The van der Waals surface area contributed by atoms with Crippen LogP contribution >= 0.6 is 0 Å². The highest BCUT2D eigenvalue weighted by Crippen LogP contribution is 2.35. The van der Waals surface area contributed by atoms with Crippen molar-refractivity contribution in [2.24, 2.45) is 0 Å². The lowest BCUT2D eigenvalue weighted by Gasteiger charge is -2.31. The number of alkyl halides is 3. The summed E-state index contributed by atoms with van der Waals surface area (Å²) in [7, 11) is 2.02. The quantitative estimate of drug-likeness (QED) is 0.910. The van der Waals surface area contributed by atoms with Crippen LogP contribution in [0.3, 0.4) is 0 Å². The third kappa shape index (κ3) is 3.68. The normalized spacial score (nSPS) is 21.4. The highest BCUT2D eigenvalue weighted by Gasteiger charge is 2.34. The van der Waals surface area contributed by atoms with Gasteiger partial charge in [0.2, 0.25) is 0 Å². The van der Waals surface area contributed by atoms with Crippen LogP contribution in [0.2, 0.25) is 0 Å². The van der Waals surface area contributed by atoms with Gasteiger partial charge in [-0.15, -0.1) is 0 Å². The van der Waals surface area contributed by atoms with Gasteiger partial charge >= 0.3 is 6.18 Å². The standard InChI is InChI=1S/C15H21F3N2O/c1-11-9-19(2)6-3-7-20(11)13-5-4-12(10-21)14(8-13)15(16,17)18/h4-5,8,11,21H,3,6-7,9-10H2,1-2H3. The van der Waals surface area contributed by atoms with Gasteiger partial charge in [0, 0.05) is 24.8 Å². The van der Waals surface area contributed by atoms with Gasteiger partial charge < -0.3 is 14.9 Å². The lowest BCUT2D eigenvalue weighted by atomic mass is 10.1. The highest BCUT2D eigenvalue weighted by molar-refractivity contribution is 5.52. The zero-order valence-corrected chi connectivity index (χ0v) is 12.3. The van der Waals surface area contributed by atoms with Gasteiger partial charge in [0.25, 0.3) is 0 Å². The monoisotopic (exact) mass is 302 g/mol. The molecule has 1 heterocycles. The number of hydrogen-bond acceptors (Lipinski definition) is 3. The minimum absolute atomic E-state index is 0.0779. The Morgan fingerprint density at radius 1 is 1.29 bits per heavy atom. The van der Waals surface area contributed by atoms with Crippen LogP contribution < -0.4 is 4.90 Å². The van der Waals surface area contributed by atoms with Crippen LogP contribution in [-0.2, 0) is 12.8 Å². The summed E-state index contributed by atoms with van der Waals surface area (Å²) < 4.78 is 39.3. The molecule has 6 heteroatoms. The zero-order chi connectivity index (χ0) is 15.6. The van der Waals surface area contributed by atoms with Crippen molar-refractivity contribution in [3.05, 3.63) is 29.3 Å². The SMILES string of the molecule is CC1CN(C)CCCN1c1ccc(CO)c(C(F)(F)F)c1. The molecular formula is C15H21F3N2O. The number of halogens is 3. The van der Waals surface area contributed by atoms with Gasteiger partial charge in [-0.25, -0.2) is 0 Å². The maximum absolute atomic E-state index is 13.1.